The van der Waals surface area contributed by atoms with Crippen LogP contribution >= 0.6 is 0 Å². The van der Waals surface area contributed by atoms with Gasteiger partial charge in [0.25, 0.3) is 0 Å². The van der Waals surface area contributed by atoms with E-state index in [1.807, 2.05) is 0 Å². The molecule has 2 unspecified atom stereocenters. The second-order valence-corrected chi connectivity index (χ2v) is 4.53. The van der Waals surface area contributed by atoms with Crippen molar-refractivity contribution < 1.29 is 0 Å². The van der Waals surface area contributed by atoms with Crippen molar-refractivity contribution in [2.45, 2.75) is 39.5 Å². The Labute approximate surface area is 64.0 Å². The molecule has 0 nitrogen and oxygen atoms in total. The molecular formula is C10H18. The van der Waals surface area contributed by atoms with E-state index in [9.17, 15) is 0 Å². The van der Waals surface area contributed by atoms with E-state index in [1.54, 1.807) is 0 Å². The van der Waals surface area contributed by atoms with Crippen LogP contribution in [0.5, 0.6) is 0 Å². The summed E-state index contributed by atoms with van der Waals surface area (Å²) < 4.78 is 0. The largest absolute Gasteiger partial charge is 0.0625 e. The molecule has 0 aromatic heterocycles. The number of rotatable bonds is 0. The van der Waals surface area contributed by atoms with Gasteiger partial charge in [0.15, 0.2) is 0 Å². The van der Waals surface area contributed by atoms with Gasteiger partial charge in [0, 0.05) is 0 Å². The van der Waals surface area contributed by atoms with E-state index in [0.29, 0.717) is 0 Å². The topological polar surface area (TPSA) is 0 Å². The molecule has 0 aliphatic heterocycles. The first-order chi connectivity index (χ1) is 4.77. The molecule has 2 aliphatic rings. The Bertz CT molecular complexity index is 114. The lowest BCUT2D eigenvalue weighted by Gasteiger charge is -2.31. The van der Waals surface area contributed by atoms with Crippen LogP contribution in [0, 0.1) is 23.7 Å². The molecule has 2 aliphatic carbocycles. The predicted octanol–water partition coefficient (Wildman–Crippen LogP) is 3.08. The van der Waals surface area contributed by atoms with Gasteiger partial charge in [-0.2, -0.15) is 0 Å². The Kier molecular flexibility index (Phi) is 1.51. The van der Waals surface area contributed by atoms with Crippen LogP contribution in [0.4, 0.5) is 0 Å². The minimum Gasteiger partial charge on any atom is -0.0625 e. The van der Waals surface area contributed by atoms with Crippen LogP contribution in [-0.2, 0) is 0 Å². The van der Waals surface area contributed by atoms with Gasteiger partial charge < -0.3 is 0 Å². The van der Waals surface area contributed by atoms with Gasteiger partial charge in [-0.05, 0) is 49.4 Å². The van der Waals surface area contributed by atoms with Crippen LogP contribution in [0.2, 0.25) is 0 Å². The van der Waals surface area contributed by atoms with Crippen LogP contribution in [0.1, 0.15) is 39.5 Å². The lowest BCUT2D eigenvalue weighted by Crippen LogP contribution is -2.22. The number of fused-ring (bicyclic) bond motifs is 2. The van der Waals surface area contributed by atoms with E-state index in [4.69, 9.17) is 0 Å². The molecule has 2 bridgehead atoms. The fourth-order valence-corrected chi connectivity index (χ4v) is 3.13. The Balaban J connectivity index is 2.09. The molecule has 0 heterocycles. The lowest BCUT2D eigenvalue weighted by atomic mass is 9.75. The molecule has 2 saturated carbocycles. The van der Waals surface area contributed by atoms with Crippen LogP contribution < -0.4 is 0 Å². The highest BCUT2D eigenvalue weighted by molar-refractivity contribution is 4.88. The fourth-order valence-electron chi connectivity index (χ4n) is 3.13. The van der Waals surface area contributed by atoms with Crippen molar-refractivity contribution in [2.24, 2.45) is 23.7 Å². The summed E-state index contributed by atoms with van der Waals surface area (Å²) in [6.07, 6.45) is 6.13. The normalized spacial score (nSPS) is 53.4. The van der Waals surface area contributed by atoms with Gasteiger partial charge in [0.2, 0.25) is 0 Å². The van der Waals surface area contributed by atoms with Gasteiger partial charge in [-0.25, -0.2) is 0 Å². The van der Waals surface area contributed by atoms with Gasteiger partial charge in [-0.15, -0.1) is 0 Å². The van der Waals surface area contributed by atoms with E-state index in [2.05, 4.69) is 13.8 Å². The van der Waals surface area contributed by atoms with Crippen LogP contribution in [0.3, 0.4) is 0 Å². The second kappa shape index (κ2) is 2.25. The van der Waals surface area contributed by atoms with Crippen molar-refractivity contribution >= 4 is 0 Å². The fraction of sp³-hybridized carbons (Fsp3) is 1.00. The highest BCUT2D eigenvalue weighted by Crippen LogP contribution is 2.48. The van der Waals surface area contributed by atoms with Crippen molar-refractivity contribution in [1.29, 1.82) is 0 Å². The Morgan fingerprint density at radius 2 is 1.40 bits per heavy atom. The second-order valence-electron chi connectivity index (χ2n) is 4.53. The van der Waals surface area contributed by atoms with Crippen LogP contribution in [0.15, 0.2) is 0 Å². The molecule has 10 heavy (non-hydrogen) atoms. The first-order valence-corrected chi connectivity index (χ1v) is 4.77. The maximum atomic E-state index is 2.47. The van der Waals surface area contributed by atoms with Gasteiger partial charge in [-0.3, -0.25) is 0 Å². The number of hydrogen-bond acceptors (Lipinski definition) is 0. The lowest BCUT2D eigenvalue weighted by molar-refractivity contribution is 0.194. The SMILES string of the molecule is CC1C[C@H]2CC[C@@H](C1)C2C. The monoisotopic (exact) mass is 138 g/mol. The molecule has 2 fully saturated rings. The molecule has 0 aromatic rings. The third-order valence-corrected chi connectivity index (χ3v) is 3.81. The van der Waals surface area contributed by atoms with E-state index in [0.717, 1.165) is 23.7 Å². The average Bonchev–Trinajstić information content (AvgIpc) is 2.20. The van der Waals surface area contributed by atoms with Crippen molar-refractivity contribution in [3.05, 3.63) is 0 Å². The van der Waals surface area contributed by atoms with Crippen molar-refractivity contribution in [2.75, 3.05) is 0 Å². The molecular weight excluding hydrogens is 120 g/mol. The maximum Gasteiger partial charge on any atom is -0.0383 e. The summed E-state index contributed by atoms with van der Waals surface area (Å²) in [6.45, 7) is 4.89. The van der Waals surface area contributed by atoms with E-state index < -0.39 is 0 Å². The minimum absolute atomic E-state index is 1.04. The minimum atomic E-state index is 1.04. The molecule has 0 aromatic carbocycles. The summed E-state index contributed by atoms with van der Waals surface area (Å²) in [5.41, 5.74) is 0. The summed E-state index contributed by atoms with van der Waals surface area (Å²) in [4.78, 5) is 0. The van der Waals surface area contributed by atoms with Crippen molar-refractivity contribution in [3.63, 3.8) is 0 Å². The van der Waals surface area contributed by atoms with E-state index in [-0.39, 0.29) is 0 Å². The highest BCUT2D eigenvalue weighted by Gasteiger charge is 2.38. The van der Waals surface area contributed by atoms with Crippen molar-refractivity contribution in [3.8, 4) is 0 Å². The standard InChI is InChI=1S/C10H18/c1-7-5-9-3-4-10(6-7)8(9)2/h7-10H,3-6H2,1-2H3/t7?,8?,9-,10+. The Morgan fingerprint density at radius 1 is 0.900 bits per heavy atom. The molecule has 4 atom stereocenters. The van der Waals surface area contributed by atoms with E-state index in [1.165, 1.54) is 25.7 Å². The average molecular weight is 138 g/mol. The molecule has 0 N–H and O–H groups in total. The summed E-state index contributed by atoms with van der Waals surface area (Å²) in [5, 5.41) is 0. The van der Waals surface area contributed by atoms with Gasteiger partial charge in [0.1, 0.15) is 0 Å². The van der Waals surface area contributed by atoms with Crippen LogP contribution in [0.25, 0.3) is 0 Å². The smallest absolute Gasteiger partial charge is 0.0383 e. The van der Waals surface area contributed by atoms with Gasteiger partial charge in [0.05, 0.1) is 0 Å². The summed E-state index contributed by atoms with van der Waals surface area (Å²) in [6, 6.07) is 0. The molecule has 0 radical (unpaired) electrons. The molecule has 0 heteroatoms. The third kappa shape index (κ3) is 0.889. The highest BCUT2D eigenvalue weighted by atomic mass is 14.4. The maximum absolute atomic E-state index is 2.47. The zero-order chi connectivity index (χ0) is 7.14. The quantitative estimate of drug-likeness (QED) is 0.482. The Morgan fingerprint density at radius 3 is 1.90 bits per heavy atom. The van der Waals surface area contributed by atoms with Crippen molar-refractivity contribution in [1.82, 2.24) is 0 Å². The molecule has 2 rings (SSSR count). The predicted molar refractivity (Wildman–Crippen MR) is 43.8 cm³/mol. The first kappa shape index (κ1) is 6.69. The molecule has 0 saturated heterocycles. The van der Waals surface area contributed by atoms with Gasteiger partial charge >= 0.3 is 0 Å². The summed E-state index contributed by atoms with van der Waals surface area (Å²) in [7, 11) is 0. The first-order valence-electron chi connectivity index (χ1n) is 4.77. The van der Waals surface area contributed by atoms with Gasteiger partial charge in [-0.1, -0.05) is 13.8 Å². The Hall–Kier alpha value is 0. The van der Waals surface area contributed by atoms with Crippen LogP contribution in [-0.4, -0.2) is 0 Å². The summed E-state index contributed by atoms with van der Waals surface area (Å²) in [5.74, 6) is 4.31. The zero-order valence-corrected chi connectivity index (χ0v) is 7.14. The number of hydrogen-bond donors (Lipinski definition) is 0. The summed E-state index contributed by atoms with van der Waals surface area (Å²) >= 11 is 0. The zero-order valence-electron chi connectivity index (χ0n) is 7.14. The third-order valence-electron chi connectivity index (χ3n) is 3.81. The molecule has 58 valence electrons. The molecule has 0 amide bonds. The molecule has 0 spiro atoms. The van der Waals surface area contributed by atoms with E-state index >= 15 is 0 Å².